The first kappa shape index (κ1) is 13.7. The number of fused-ring (bicyclic) bond motifs is 1. The van der Waals surface area contributed by atoms with Crippen molar-refractivity contribution in [2.24, 2.45) is 0 Å². The first-order valence-corrected chi connectivity index (χ1v) is 7.31. The van der Waals surface area contributed by atoms with Crippen LogP contribution in [-0.4, -0.2) is 28.1 Å². The minimum atomic E-state index is -0.396. The number of nitrogen functional groups attached to an aromatic ring is 1. The van der Waals surface area contributed by atoms with Crippen molar-refractivity contribution in [1.29, 1.82) is 0 Å². The van der Waals surface area contributed by atoms with Gasteiger partial charge in [-0.25, -0.2) is 4.98 Å². The highest BCUT2D eigenvalue weighted by Crippen LogP contribution is 2.30. The van der Waals surface area contributed by atoms with Gasteiger partial charge in [-0.3, -0.25) is 9.36 Å². The van der Waals surface area contributed by atoms with E-state index in [2.05, 4.69) is 10.3 Å². The maximum Gasteiger partial charge on any atom is 0.243 e. The molecule has 3 rings (SSSR count). The summed E-state index contributed by atoms with van der Waals surface area (Å²) in [6.07, 6.45) is 2.13. The second-order valence-electron chi connectivity index (χ2n) is 5.36. The zero-order valence-corrected chi connectivity index (χ0v) is 12.3. The van der Waals surface area contributed by atoms with Crippen LogP contribution in [-0.2, 0) is 4.79 Å². The van der Waals surface area contributed by atoms with Crippen molar-refractivity contribution < 1.29 is 9.53 Å². The van der Waals surface area contributed by atoms with Crippen LogP contribution in [0.3, 0.4) is 0 Å². The molecule has 0 spiro atoms. The summed E-state index contributed by atoms with van der Waals surface area (Å²) in [5, 5.41) is 3.00. The minimum absolute atomic E-state index is 0.0229. The number of para-hydroxylation sites is 1. The van der Waals surface area contributed by atoms with E-state index in [4.69, 9.17) is 10.5 Å². The van der Waals surface area contributed by atoms with Gasteiger partial charge in [-0.1, -0.05) is 6.07 Å². The lowest BCUT2D eigenvalue weighted by atomic mass is 10.2. The molecule has 1 aromatic carbocycles. The molecule has 1 atom stereocenters. The van der Waals surface area contributed by atoms with Crippen molar-refractivity contribution in [2.45, 2.75) is 38.8 Å². The number of anilines is 1. The van der Waals surface area contributed by atoms with E-state index < -0.39 is 6.04 Å². The first-order chi connectivity index (χ1) is 10.1. The molecule has 3 N–H and O–H groups in total. The average molecular weight is 288 g/mol. The van der Waals surface area contributed by atoms with Gasteiger partial charge in [0.15, 0.2) is 0 Å². The highest BCUT2D eigenvalue weighted by atomic mass is 16.5. The van der Waals surface area contributed by atoms with Crippen molar-refractivity contribution in [3.63, 3.8) is 0 Å². The van der Waals surface area contributed by atoms with Gasteiger partial charge in [0.1, 0.15) is 17.3 Å². The number of nitrogens with one attached hydrogen (secondary N) is 1. The van der Waals surface area contributed by atoms with Crippen LogP contribution in [0.15, 0.2) is 18.2 Å². The fraction of sp³-hybridized carbons (Fsp3) is 0.467. The zero-order valence-electron chi connectivity index (χ0n) is 12.3. The van der Waals surface area contributed by atoms with E-state index in [1.807, 2.05) is 32.0 Å². The summed E-state index contributed by atoms with van der Waals surface area (Å²) >= 11 is 0. The molecule has 1 unspecified atom stereocenters. The number of rotatable bonds is 5. The summed E-state index contributed by atoms with van der Waals surface area (Å²) < 4.78 is 7.33. The van der Waals surface area contributed by atoms with Crippen LogP contribution in [0.1, 0.15) is 32.7 Å². The summed E-state index contributed by atoms with van der Waals surface area (Å²) in [5.74, 6) is 0.996. The standard InChI is InChI=1S/C15H20N4O2/c1-3-21-12-6-4-5-11-13(12)18-15(16)19(11)9(2)14(20)17-10-7-8-10/h4-6,9-10H,3,7-8H2,1-2H3,(H2,16,18)(H,17,20). The molecule has 2 aromatic rings. The molecule has 6 heteroatoms. The number of nitrogens with two attached hydrogens (primary N) is 1. The van der Waals surface area contributed by atoms with Crippen molar-refractivity contribution in [2.75, 3.05) is 12.3 Å². The van der Waals surface area contributed by atoms with Crippen LogP contribution in [0, 0.1) is 0 Å². The molecular formula is C15H20N4O2. The van der Waals surface area contributed by atoms with Crippen LogP contribution in [0.4, 0.5) is 5.95 Å². The lowest BCUT2D eigenvalue weighted by Gasteiger charge is -2.15. The van der Waals surface area contributed by atoms with Gasteiger partial charge in [-0.2, -0.15) is 0 Å². The Morgan fingerprint density at radius 1 is 1.57 bits per heavy atom. The van der Waals surface area contributed by atoms with Gasteiger partial charge in [-0.15, -0.1) is 0 Å². The average Bonchev–Trinajstić information content (AvgIpc) is 3.19. The molecular weight excluding hydrogens is 268 g/mol. The molecule has 21 heavy (non-hydrogen) atoms. The molecule has 1 amide bonds. The largest absolute Gasteiger partial charge is 0.492 e. The number of aromatic nitrogens is 2. The van der Waals surface area contributed by atoms with E-state index in [0.717, 1.165) is 18.4 Å². The maximum absolute atomic E-state index is 12.3. The van der Waals surface area contributed by atoms with Crippen LogP contribution in [0.2, 0.25) is 0 Å². The van der Waals surface area contributed by atoms with Crippen molar-refractivity contribution in [1.82, 2.24) is 14.9 Å². The molecule has 1 aromatic heterocycles. The van der Waals surface area contributed by atoms with Crippen LogP contribution in [0.25, 0.3) is 11.0 Å². The predicted octanol–water partition coefficient (Wildman–Crippen LogP) is 1.86. The first-order valence-electron chi connectivity index (χ1n) is 7.31. The quantitative estimate of drug-likeness (QED) is 0.879. The van der Waals surface area contributed by atoms with Crippen molar-refractivity contribution in [3.8, 4) is 5.75 Å². The summed E-state index contributed by atoms with van der Waals surface area (Å²) in [5.41, 5.74) is 7.53. The Labute approximate surface area is 123 Å². The molecule has 1 saturated carbocycles. The molecule has 112 valence electrons. The van der Waals surface area contributed by atoms with Gasteiger partial charge in [-0.05, 0) is 38.8 Å². The number of benzene rings is 1. The number of carbonyl (C=O) groups is 1. The maximum atomic E-state index is 12.3. The molecule has 1 fully saturated rings. The fourth-order valence-corrected chi connectivity index (χ4v) is 2.46. The Hall–Kier alpha value is -2.24. The number of nitrogens with zero attached hydrogens (tertiary/aromatic N) is 2. The van der Waals surface area contributed by atoms with E-state index in [0.29, 0.717) is 29.9 Å². The number of amides is 1. The molecule has 1 aliphatic rings. The number of hydrogen-bond donors (Lipinski definition) is 2. The van der Waals surface area contributed by atoms with Crippen LogP contribution < -0.4 is 15.8 Å². The number of ether oxygens (including phenoxy) is 1. The van der Waals surface area contributed by atoms with Gasteiger partial charge in [0.05, 0.1) is 12.1 Å². The van der Waals surface area contributed by atoms with Gasteiger partial charge in [0.25, 0.3) is 0 Å². The SMILES string of the molecule is CCOc1cccc2c1nc(N)n2C(C)C(=O)NC1CC1. The Balaban J connectivity index is 1.99. The van der Waals surface area contributed by atoms with Crippen molar-refractivity contribution >= 4 is 22.9 Å². The Kier molecular flexibility index (Phi) is 3.45. The molecule has 0 bridgehead atoms. The molecule has 0 radical (unpaired) electrons. The van der Waals surface area contributed by atoms with E-state index in [1.165, 1.54) is 0 Å². The topological polar surface area (TPSA) is 82.2 Å². The smallest absolute Gasteiger partial charge is 0.243 e. The Morgan fingerprint density at radius 2 is 2.33 bits per heavy atom. The summed E-state index contributed by atoms with van der Waals surface area (Å²) in [4.78, 5) is 16.6. The third-order valence-electron chi connectivity index (χ3n) is 3.70. The van der Waals surface area contributed by atoms with E-state index >= 15 is 0 Å². The van der Waals surface area contributed by atoms with Gasteiger partial charge >= 0.3 is 0 Å². The van der Waals surface area contributed by atoms with Crippen LogP contribution in [0.5, 0.6) is 5.75 Å². The summed E-state index contributed by atoms with van der Waals surface area (Å²) in [6, 6.07) is 5.58. The molecule has 0 aliphatic heterocycles. The normalized spacial score (nSPS) is 15.9. The monoisotopic (exact) mass is 288 g/mol. The van der Waals surface area contributed by atoms with Gasteiger partial charge < -0.3 is 15.8 Å². The van der Waals surface area contributed by atoms with Gasteiger partial charge in [0, 0.05) is 6.04 Å². The van der Waals surface area contributed by atoms with Crippen molar-refractivity contribution in [3.05, 3.63) is 18.2 Å². The van der Waals surface area contributed by atoms with Crippen LogP contribution >= 0.6 is 0 Å². The Morgan fingerprint density at radius 3 is 3.00 bits per heavy atom. The van der Waals surface area contributed by atoms with E-state index in [9.17, 15) is 4.79 Å². The third-order valence-corrected chi connectivity index (χ3v) is 3.70. The second-order valence-corrected chi connectivity index (χ2v) is 5.36. The molecule has 1 aliphatic carbocycles. The zero-order chi connectivity index (χ0) is 15.0. The van der Waals surface area contributed by atoms with E-state index in [1.54, 1.807) is 4.57 Å². The molecule has 0 saturated heterocycles. The van der Waals surface area contributed by atoms with Gasteiger partial charge in [0.2, 0.25) is 11.9 Å². The number of imidazole rings is 1. The Bertz CT molecular complexity index is 676. The molecule has 1 heterocycles. The minimum Gasteiger partial charge on any atom is -0.492 e. The number of carbonyl (C=O) groups excluding carboxylic acids is 1. The van der Waals surface area contributed by atoms with E-state index in [-0.39, 0.29) is 5.91 Å². The fourth-order valence-electron chi connectivity index (χ4n) is 2.46. The summed E-state index contributed by atoms with van der Waals surface area (Å²) in [7, 11) is 0. The third kappa shape index (κ3) is 2.53. The second kappa shape index (κ2) is 5.27. The lowest BCUT2D eigenvalue weighted by molar-refractivity contribution is -0.123. The highest BCUT2D eigenvalue weighted by Gasteiger charge is 2.28. The highest BCUT2D eigenvalue weighted by molar-refractivity contribution is 5.88. The molecule has 6 nitrogen and oxygen atoms in total. The lowest BCUT2D eigenvalue weighted by Crippen LogP contribution is -2.32. The predicted molar refractivity (Wildman–Crippen MR) is 81.2 cm³/mol. The number of hydrogen-bond acceptors (Lipinski definition) is 4. The summed E-state index contributed by atoms with van der Waals surface area (Å²) in [6.45, 7) is 4.32.